The van der Waals surface area contributed by atoms with Gasteiger partial charge in [-0.2, -0.15) is 31.6 Å². The van der Waals surface area contributed by atoms with E-state index >= 15 is 0 Å². The van der Waals surface area contributed by atoms with Crippen molar-refractivity contribution in [3.8, 4) is 28.5 Å². The van der Waals surface area contributed by atoms with E-state index in [-0.39, 0.29) is 44.5 Å². The molecule has 1 atom stereocenters. The van der Waals surface area contributed by atoms with Crippen molar-refractivity contribution in [2.75, 3.05) is 5.75 Å². The number of nitrogens with zero attached hydrogens (tertiary/aromatic N) is 2. The zero-order valence-electron chi connectivity index (χ0n) is 22.4. The number of pyridine rings is 1. The highest BCUT2D eigenvalue weighted by molar-refractivity contribution is 7.85. The fraction of sp³-hybridized carbons (Fsp3) is 0.226. The molecule has 1 heterocycles. The Morgan fingerprint density at radius 2 is 1.50 bits per heavy atom. The number of hydrogen-bond acceptors (Lipinski definition) is 3. The number of aromatic nitrogens is 1. The molecule has 3 aromatic carbocycles. The number of hydrogen-bond donors (Lipinski definition) is 0. The van der Waals surface area contributed by atoms with E-state index in [4.69, 9.17) is 0 Å². The van der Waals surface area contributed by atoms with Crippen LogP contribution in [0.25, 0.3) is 22.4 Å². The highest BCUT2D eigenvalue weighted by Crippen LogP contribution is 2.38. The van der Waals surface area contributed by atoms with Gasteiger partial charge in [0.1, 0.15) is 23.3 Å². The van der Waals surface area contributed by atoms with E-state index in [1.54, 1.807) is 0 Å². The number of halogens is 8. The third-order valence-electron chi connectivity index (χ3n) is 7.16. The molecule has 0 spiro atoms. The molecule has 1 aromatic heterocycles. The summed E-state index contributed by atoms with van der Waals surface area (Å²) in [7, 11) is -1.68. The summed E-state index contributed by atoms with van der Waals surface area (Å²) >= 11 is 0. The van der Waals surface area contributed by atoms with Crippen molar-refractivity contribution in [1.82, 2.24) is 4.57 Å². The number of alkyl halides is 6. The van der Waals surface area contributed by atoms with Crippen molar-refractivity contribution in [2.45, 2.75) is 36.6 Å². The second-order valence-electron chi connectivity index (χ2n) is 10.3. The van der Waals surface area contributed by atoms with Crippen LogP contribution >= 0.6 is 0 Å². The van der Waals surface area contributed by atoms with E-state index in [9.17, 15) is 49.4 Å². The molecule has 1 saturated carbocycles. The van der Waals surface area contributed by atoms with E-state index < -0.39 is 63.6 Å². The number of benzene rings is 3. The Kier molecular flexibility index (Phi) is 8.24. The van der Waals surface area contributed by atoms with E-state index in [1.165, 1.54) is 36.4 Å². The Morgan fingerprint density at radius 3 is 2.07 bits per heavy atom. The molecule has 5 rings (SSSR count). The van der Waals surface area contributed by atoms with Gasteiger partial charge in [-0.15, -0.1) is 0 Å². The quantitative estimate of drug-likeness (QED) is 0.194. The second kappa shape index (κ2) is 11.6. The minimum Gasteiger partial charge on any atom is -0.303 e. The van der Waals surface area contributed by atoms with Crippen molar-refractivity contribution >= 4 is 10.8 Å². The Morgan fingerprint density at radius 1 is 0.841 bits per heavy atom. The van der Waals surface area contributed by atoms with Gasteiger partial charge in [0.25, 0.3) is 5.56 Å². The molecule has 4 aromatic rings. The first-order valence-corrected chi connectivity index (χ1v) is 14.4. The standard InChI is InChI=1S/C31H20F8N2O2S/c32-23-8-7-20(27(33)12-23)15-41-28(13-26(31(37,38)39)25(14-40)29(41)42)19-5-3-18(4-6-19)21-9-22(30(34,35)36)11-24(10-21)44(43)16-17-1-2-17/h3-13,17H,1-2,15-16H2. The first-order chi connectivity index (χ1) is 20.7. The molecule has 0 saturated heterocycles. The zero-order chi connectivity index (χ0) is 32.0. The van der Waals surface area contributed by atoms with Crippen LogP contribution in [0.5, 0.6) is 0 Å². The summed E-state index contributed by atoms with van der Waals surface area (Å²) in [6.45, 7) is -0.654. The van der Waals surface area contributed by atoms with Crippen LogP contribution in [0.4, 0.5) is 35.1 Å². The van der Waals surface area contributed by atoms with Crippen molar-refractivity contribution < 1.29 is 39.3 Å². The molecule has 13 heteroatoms. The van der Waals surface area contributed by atoms with Gasteiger partial charge >= 0.3 is 12.4 Å². The molecule has 1 fully saturated rings. The van der Waals surface area contributed by atoms with Crippen molar-refractivity contribution in [2.24, 2.45) is 5.92 Å². The van der Waals surface area contributed by atoms with Crippen LogP contribution in [0, 0.1) is 28.9 Å². The van der Waals surface area contributed by atoms with Crippen LogP contribution in [0.15, 0.2) is 76.4 Å². The second-order valence-corrected chi connectivity index (χ2v) is 11.8. The SMILES string of the molecule is N#Cc1c(C(F)(F)F)cc(-c2ccc(-c3cc(S(=O)CC4CC4)cc(C(F)(F)F)c3)cc2)n(Cc2ccc(F)cc2F)c1=O. The third kappa shape index (κ3) is 6.60. The predicted octanol–water partition coefficient (Wildman–Crippen LogP) is 7.94. The Bertz CT molecular complexity index is 1870. The van der Waals surface area contributed by atoms with E-state index in [2.05, 4.69) is 0 Å². The topological polar surface area (TPSA) is 62.9 Å². The van der Waals surface area contributed by atoms with E-state index in [0.717, 1.165) is 41.7 Å². The lowest BCUT2D eigenvalue weighted by molar-refractivity contribution is -0.138. The van der Waals surface area contributed by atoms with Crippen molar-refractivity contribution in [1.29, 1.82) is 5.26 Å². The molecule has 1 unspecified atom stereocenters. The maximum atomic E-state index is 14.5. The van der Waals surface area contributed by atoms with Gasteiger partial charge in [-0.1, -0.05) is 30.3 Å². The van der Waals surface area contributed by atoms with Crippen LogP contribution in [0.2, 0.25) is 0 Å². The molecule has 1 aliphatic rings. The largest absolute Gasteiger partial charge is 0.417 e. The van der Waals surface area contributed by atoms with E-state index in [0.29, 0.717) is 12.1 Å². The molecule has 0 aliphatic heterocycles. The van der Waals surface area contributed by atoms with E-state index in [1.807, 2.05) is 0 Å². The Hall–Kier alpha value is -4.31. The Balaban J connectivity index is 1.62. The summed E-state index contributed by atoms with van der Waals surface area (Å²) in [6.07, 6.45) is -8.15. The summed E-state index contributed by atoms with van der Waals surface area (Å²) < 4.78 is 124. The van der Waals surface area contributed by atoms with Gasteiger partial charge in [-0.3, -0.25) is 9.00 Å². The molecule has 0 N–H and O–H groups in total. The maximum Gasteiger partial charge on any atom is 0.417 e. The molecule has 0 bridgehead atoms. The zero-order valence-corrected chi connectivity index (χ0v) is 23.2. The molecular weight excluding hydrogens is 616 g/mol. The molecule has 0 amide bonds. The maximum absolute atomic E-state index is 14.5. The van der Waals surface area contributed by atoms with Gasteiger partial charge in [0.2, 0.25) is 0 Å². The number of nitriles is 1. The molecule has 4 nitrogen and oxygen atoms in total. The average Bonchev–Trinajstić information content (AvgIpc) is 3.78. The van der Waals surface area contributed by atoms with Gasteiger partial charge < -0.3 is 4.57 Å². The van der Waals surface area contributed by atoms with Crippen LogP contribution in [0.3, 0.4) is 0 Å². The molecule has 228 valence electrons. The van der Waals surface area contributed by atoms with Gasteiger partial charge in [-0.05, 0) is 65.8 Å². The minimum atomic E-state index is -5.11. The summed E-state index contributed by atoms with van der Waals surface area (Å²) in [6, 6.07) is 12.5. The predicted molar refractivity (Wildman–Crippen MR) is 146 cm³/mol. The summed E-state index contributed by atoms with van der Waals surface area (Å²) in [4.78, 5) is 13.1. The normalized spacial score (nSPS) is 14.3. The highest BCUT2D eigenvalue weighted by atomic mass is 32.2. The monoisotopic (exact) mass is 636 g/mol. The molecule has 44 heavy (non-hydrogen) atoms. The summed E-state index contributed by atoms with van der Waals surface area (Å²) in [5, 5.41) is 9.37. The van der Waals surface area contributed by atoms with Crippen molar-refractivity contribution in [3.05, 3.63) is 111 Å². The van der Waals surface area contributed by atoms with Crippen LogP contribution in [-0.4, -0.2) is 14.5 Å². The van der Waals surface area contributed by atoms with Crippen LogP contribution in [-0.2, 0) is 29.7 Å². The molecule has 1 aliphatic carbocycles. The average molecular weight is 637 g/mol. The lowest BCUT2D eigenvalue weighted by Gasteiger charge is -2.18. The van der Waals surface area contributed by atoms with Gasteiger partial charge in [0.15, 0.2) is 0 Å². The molecular formula is C31H20F8N2O2S. The highest BCUT2D eigenvalue weighted by Gasteiger charge is 2.37. The fourth-order valence-corrected chi connectivity index (χ4v) is 6.15. The fourth-order valence-electron chi connectivity index (χ4n) is 4.68. The van der Waals surface area contributed by atoms with Crippen LogP contribution in [0.1, 0.15) is 35.1 Å². The third-order valence-corrected chi connectivity index (χ3v) is 8.69. The number of rotatable bonds is 7. The Labute approximate surface area is 247 Å². The van der Waals surface area contributed by atoms with Crippen molar-refractivity contribution in [3.63, 3.8) is 0 Å². The van der Waals surface area contributed by atoms with Gasteiger partial charge in [-0.25, -0.2) is 8.78 Å². The van der Waals surface area contributed by atoms with Crippen LogP contribution < -0.4 is 5.56 Å². The summed E-state index contributed by atoms with van der Waals surface area (Å²) in [5.74, 6) is -1.58. The van der Waals surface area contributed by atoms with Gasteiger partial charge in [0.05, 0.1) is 34.2 Å². The lowest BCUT2D eigenvalue weighted by atomic mass is 9.99. The lowest BCUT2D eigenvalue weighted by Crippen LogP contribution is -2.29. The van der Waals surface area contributed by atoms with Gasteiger partial charge in [0, 0.05) is 22.3 Å². The summed E-state index contributed by atoms with van der Waals surface area (Å²) in [5.41, 5.74) is -5.48. The first-order valence-electron chi connectivity index (χ1n) is 13.1. The smallest absolute Gasteiger partial charge is 0.303 e. The first kappa shape index (κ1) is 31.1. The minimum absolute atomic E-state index is 0.00660. The molecule has 0 radical (unpaired) electrons.